The molecule has 2 aromatic carbocycles. The number of carbonyl (C=O) groups is 1. The van der Waals surface area contributed by atoms with Crippen molar-refractivity contribution in [1.29, 1.82) is 0 Å². The van der Waals surface area contributed by atoms with Gasteiger partial charge in [0.2, 0.25) is 5.91 Å². The van der Waals surface area contributed by atoms with Crippen molar-refractivity contribution in [2.24, 2.45) is 0 Å². The van der Waals surface area contributed by atoms with Crippen molar-refractivity contribution in [2.45, 2.75) is 6.54 Å². The van der Waals surface area contributed by atoms with Crippen molar-refractivity contribution >= 4 is 38.4 Å². The molecule has 0 unspecified atom stereocenters. The zero-order valence-electron chi connectivity index (χ0n) is 16.2. The van der Waals surface area contributed by atoms with Crippen LogP contribution in [0.2, 0.25) is 0 Å². The van der Waals surface area contributed by atoms with E-state index in [4.69, 9.17) is 4.74 Å². The molecule has 0 radical (unpaired) electrons. The van der Waals surface area contributed by atoms with Crippen LogP contribution in [-0.2, 0) is 11.3 Å². The quantitative estimate of drug-likeness (QED) is 0.606. The van der Waals surface area contributed by atoms with Crippen molar-refractivity contribution in [3.8, 4) is 5.75 Å². The fourth-order valence-corrected chi connectivity index (χ4v) is 4.10. The number of nitrogens with zero attached hydrogens (tertiary/aromatic N) is 3. The monoisotopic (exact) mass is 455 g/mol. The van der Waals surface area contributed by atoms with E-state index in [0.717, 1.165) is 34.5 Å². The number of halogens is 1. The smallest absolute Gasteiger partial charge is 0.242 e. The van der Waals surface area contributed by atoms with Crippen LogP contribution < -0.4 is 15.1 Å². The van der Waals surface area contributed by atoms with Gasteiger partial charge in [-0.2, -0.15) is 0 Å². The first-order valence-corrected chi connectivity index (χ1v) is 10.3. The Morgan fingerprint density at radius 1 is 1.07 bits per heavy atom. The zero-order chi connectivity index (χ0) is 20.4. The van der Waals surface area contributed by atoms with Gasteiger partial charge in [0.15, 0.2) is 5.43 Å². The fraction of sp³-hybridized carbons (Fsp3) is 0.273. The van der Waals surface area contributed by atoms with E-state index in [1.54, 1.807) is 19.4 Å². The fourth-order valence-electron chi connectivity index (χ4n) is 3.75. The molecule has 0 N–H and O–H groups in total. The standard InChI is InChI=1S/C22H22BrN3O3/c1-29-21-5-3-2-4-18(21)24-10-12-25(13-11-24)22(28)15-26-9-8-20(27)17-7-6-16(23)14-19(17)26/h2-9,14H,10-13,15H2,1H3. The second-order valence-electron chi connectivity index (χ2n) is 7.01. The zero-order valence-corrected chi connectivity index (χ0v) is 17.8. The molecule has 1 amide bonds. The van der Waals surface area contributed by atoms with E-state index in [9.17, 15) is 9.59 Å². The van der Waals surface area contributed by atoms with Crippen LogP contribution in [0.3, 0.4) is 0 Å². The number of anilines is 1. The van der Waals surface area contributed by atoms with Crippen LogP contribution >= 0.6 is 15.9 Å². The molecule has 0 spiro atoms. The molecule has 2 heterocycles. The summed E-state index contributed by atoms with van der Waals surface area (Å²) in [6.45, 7) is 3.02. The Kier molecular flexibility index (Phi) is 5.58. The van der Waals surface area contributed by atoms with E-state index in [-0.39, 0.29) is 17.9 Å². The number of para-hydroxylation sites is 2. The van der Waals surface area contributed by atoms with Gasteiger partial charge in [0, 0.05) is 48.3 Å². The Hall–Kier alpha value is -2.80. The number of hydrogen-bond acceptors (Lipinski definition) is 4. The maximum Gasteiger partial charge on any atom is 0.242 e. The van der Waals surface area contributed by atoms with E-state index in [1.807, 2.05) is 45.9 Å². The predicted octanol–water partition coefficient (Wildman–Crippen LogP) is 3.12. The number of amides is 1. The van der Waals surface area contributed by atoms with Gasteiger partial charge < -0.3 is 19.1 Å². The normalized spacial score (nSPS) is 14.3. The molecule has 0 saturated carbocycles. The Morgan fingerprint density at radius 2 is 1.83 bits per heavy atom. The third-order valence-corrected chi connectivity index (χ3v) is 5.80. The Bertz CT molecular complexity index is 1100. The van der Waals surface area contributed by atoms with Gasteiger partial charge >= 0.3 is 0 Å². The van der Waals surface area contributed by atoms with Gasteiger partial charge in [0.05, 0.1) is 18.3 Å². The summed E-state index contributed by atoms with van der Waals surface area (Å²) in [6.07, 6.45) is 1.69. The molecule has 0 bridgehead atoms. The Labute approximate surface area is 177 Å². The van der Waals surface area contributed by atoms with E-state index in [2.05, 4.69) is 20.8 Å². The minimum atomic E-state index is -0.0402. The SMILES string of the molecule is COc1ccccc1N1CCN(C(=O)Cn2ccc(=O)c3ccc(Br)cc32)CC1. The summed E-state index contributed by atoms with van der Waals surface area (Å²) >= 11 is 3.45. The van der Waals surface area contributed by atoms with Gasteiger partial charge in [0.1, 0.15) is 12.3 Å². The lowest BCUT2D eigenvalue weighted by Gasteiger charge is -2.36. The first-order valence-electron chi connectivity index (χ1n) is 9.51. The van der Waals surface area contributed by atoms with Crippen LogP contribution in [0.25, 0.3) is 10.9 Å². The number of fused-ring (bicyclic) bond motifs is 1. The second-order valence-corrected chi connectivity index (χ2v) is 7.92. The van der Waals surface area contributed by atoms with Crippen molar-refractivity contribution in [2.75, 3.05) is 38.2 Å². The molecule has 3 aromatic rings. The van der Waals surface area contributed by atoms with Crippen LogP contribution in [-0.4, -0.2) is 48.7 Å². The van der Waals surface area contributed by atoms with Gasteiger partial charge in [-0.25, -0.2) is 0 Å². The molecular weight excluding hydrogens is 434 g/mol. The molecule has 0 aliphatic carbocycles. The number of pyridine rings is 1. The maximum atomic E-state index is 12.9. The summed E-state index contributed by atoms with van der Waals surface area (Å²) in [6, 6.07) is 15.0. The average Bonchev–Trinajstić information content (AvgIpc) is 2.75. The van der Waals surface area contributed by atoms with Crippen LogP contribution in [0.5, 0.6) is 5.75 Å². The second kappa shape index (κ2) is 8.29. The number of benzene rings is 2. The van der Waals surface area contributed by atoms with Crippen molar-refractivity contribution < 1.29 is 9.53 Å². The molecule has 4 rings (SSSR count). The highest BCUT2D eigenvalue weighted by atomic mass is 79.9. The molecule has 150 valence electrons. The van der Waals surface area contributed by atoms with Gasteiger partial charge in [-0.3, -0.25) is 9.59 Å². The third kappa shape index (κ3) is 4.00. The van der Waals surface area contributed by atoms with Gasteiger partial charge in [0.25, 0.3) is 0 Å². The summed E-state index contributed by atoms with van der Waals surface area (Å²) in [7, 11) is 1.67. The van der Waals surface area contributed by atoms with Gasteiger partial charge in [-0.05, 0) is 30.3 Å². The third-order valence-electron chi connectivity index (χ3n) is 5.30. The lowest BCUT2D eigenvalue weighted by Crippen LogP contribution is -2.49. The summed E-state index contributed by atoms with van der Waals surface area (Å²) in [5, 5.41) is 0.615. The van der Waals surface area contributed by atoms with Gasteiger partial charge in [-0.15, -0.1) is 0 Å². The summed E-state index contributed by atoms with van der Waals surface area (Å²) in [5.41, 5.74) is 1.77. The van der Waals surface area contributed by atoms with Crippen molar-refractivity contribution in [3.05, 3.63) is 69.4 Å². The first kappa shape index (κ1) is 19.5. The summed E-state index contributed by atoms with van der Waals surface area (Å²) < 4.78 is 8.18. The maximum absolute atomic E-state index is 12.9. The topological polar surface area (TPSA) is 54.8 Å². The predicted molar refractivity (Wildman–Crippen MR) is 118 cm³/mol. The lowest BCUT2D eigenvalue weighted by atomic mass is 10.2. The molecule has 1 aromatic heterocycles. The number of aromatic nitrogens is 1. The number of rotatable bonds is 4. The summed E-state index contributed by atoms with van der Waals surface area (Å²) in [4.78, 5) is 29.2. The highest BCUT2D eigenvalue weighted by Crippen LogP contribution is 2.28. The highest BCUT2D eigenvalue weighted by Gasteiger charge is 2.23. The highest BCUT2D eigenvalue weighted by molar-refractivity contribution is 9.10. The molecule has 6 nitrogen and oxygen atoms in total. The average molecular weight is 456 g/mol. The van der Waals surface area contributed by atoms with Crippen molar-refractivity contribution in [3.63, 3.8) is 0 Å². The molecule has 7 heteroatoms. The molecule has 1 fully saturated rings. The van der Waals surface area contributed by atoms with Gasteiger partial charge in [-0.1, -0.05) is 28.1 Å². The largest absolute Gasteiger partial charge is 0.495 e. The molecule has 0 atom stereocenters. The number of ether oxygens (including phenoxy) is 1. The molecule has 29 heavy (non-hydrogen) atoms. The van der Waals surface area contributed by atoms with Crippen LogP contribution in [0.15, 0.2) is 64.0 Å². The minimum absolute atomic E-state index is 0.0402. The number of carbonyl (C=O) groups excluding carboxylic acids is 1. The molecule has 1 saturated heterocycles. The Balaban J connectivity index is 1.47. The van der Waals surface area contributed by atoms with E-state index in [1.165, 1.54) is 6.07 Å². The van der Waals surface area contributed by atoms with Crippen LogP contribution in [0, 0.1) is 0 Å². The van der Waals surface area contributed by atoms with E-state index >= 15 is 0 Å². The minimum Gasteiger partial charge on any atom is -0.495 e. The lowest BCUT2D eigenvalue weighted by molar-refractivity contribution is -0.132. The summed E-state index contributed by atoms with van der Waals surface area (Å²) in [5.74, 6) is 0.896. The molecular formula is C22H22BrN3O3. The molecule has 1 aliphatic rings. The van der Waals surface area contributed by atoms with Crippen molar-refractivity contribution in [1.82, 2.24) is 9.47 Å². The van der Waals surface area contributed by atoms with Crippen LogP contribution in [0.4, 0.5) is 5.69 Å². The van der Waals surface area contributed by atoms with Crippen LogP contribution in [0.1, 0.15) is 0 Å². The molecule has 1 aliphatic heterocycles. The first-order chi connectivity index (χ1) is 14.1. The number of hydrogen-bond donors (Lipinski definition) is 0. The van der Waals surface area contributed by atoms with E-state index in [0.29, 0.717) is 18.5 Å². The van der Waals surface area contributed by atoms with E-state index < -0.39 is 0 Å². The Morgan fingerprint density at radius 3 is 2.59 bits per heavy atom. The number of piperazine rings is 1. The number of methoxy groups -OCH3 is 1.